The van der Waals surface area contributed by atoms with Gasteiger partial charge in [-0.3, -0.25) is 14.3 Å². The van der Waals surface area contributed by atoms with Gasteiger partial charge in [0.25, 0.3) is 11.8 Å². The summed E-state index contributed by atoms with van der Waals surface area (Å²) in [5, 5.41) is 6.76. The second-order valence-electron chi connectivity index (χ2n) is 5.59. The van der Waals surface area contributed by atoms with Gasteiger partial charge in [-0.1, -0.05) is 12.1 Å². The van der Waals surface area contributed by atoms with E-state index in [1.807, 2.05) is 0 Å². The number of carbonyl (C=O) groups is 2. The van der Waals surface area contributed by atoms with Gasteiger partial charge in [-0.2, -0.15) is 5.10 Å². The number of rotatable bonds is 4. The van der Waals surface area contributed by atoms with E-state index in [0.29, 0.717) is 11.3 Å². The SMILES string of the molecule is Cn1cc(C(=O)Nc2ccc(F)c(C(N)=O)c2)c(-c2cccc(F)c2)n1. The van der Waals surface area contributed by atoms with Crippen molar-refractivity contribution in [3.8, 4) is 11.3 Å². The van der Waals surface area contributed by atoms with E-state index in [4.69, 9.17) is 5.73 Å². The van der Waals surface area contributed by atoms with Crippen LogP contribution in [-0.2, 0) is 7.05 Å². The van der Waals surface area contributed by atoms with E-state index < -0.39 is 23.4 Å². The first-order valence-corrected chi connectivity index (χ1v) is 7.55. The minimum absolute atomic E-state index is 0.194. The number of halogens is 2. The molecule has 3 rings (SSSR count). The molecule has 0 saturated heterocycles. The van der Waals surface area contributed by atoms with Crippen LogP contribution in [0.3, 0.4) is 0 Å². The smallest absolute Gasteiger partial charge is 0.259 e. The molecule has 0 spiro atoms. The Morgan fingerprint density at radius 2 is 1.88 bits per heavy atom. The van der Waals surface area contributed by atoms with Gasteiger partial charge >= 0.3 is 0 Å². The summed E-state index contributed by atoms with van der Waals surface area (Å²) in [5.41, 5.74) is 5.89. The van der Waals surface area contributed by atoms with E-state index >= 15 is 0 Å². The zero-order valence-electron chi connectivity index (χ0n) is 13.7. The van der Waals surface area contributed by atoms with Gasteiger partial charge in [0, 0.05) is 24.5 Å². The van der Waals surface area contributed by atoms with Crippen LogP contribution in [0.2, 0.25) is 0 Å². The third kappa shape index (κ3) is 3.44. The average molecular weight is 356 g/mol. The lowest BCUT2D eigenvalue weighted by Gasteiger charge is -2.07. The van der Waals surface area contributed by atoms with Crippen molar-refractivity contribution in [3.63, 3.8) is 0 Å². The summed E-state index contributed by atoms with van der Waals surface area (Å²) in [4.78, 5) is 23.8. The minimum Gasteiger partial charge on any atom is -0.366 e. The maximum absolute atomic E-state index is 13.5. The maximum Gasteiger partial charge on any atom is 0.259 e. The highest BCUT2D eigenvalue weighted by atomic mass is 19.1. The van der Waals surface area contributed by atoms with E-state index in [2.05, 4.69) is 10.4 Å². The van der Waals surface area contributed by atoms with Crippen LogP contribution >= 0.6 is 0 Å². The van der Waals surface area contributed by atoms with Crippen molar-refractivity contribution >= 4 is 17.5 Å². The largest absolute Gasteiger partial charge is 0.366 e. The molecule has 3 N–H and O–H groups in total. The molecule has 0 bridgehead atoms. The number of aryl methyl sites for hydroxylation is 1. The first kappa shape index (κ1) is 17.3. The lowest BCUT2D eigenvalue weighted by Crippen LogP contribution is -2.16. The first-order chi connectivity index (χ1) is 12.3. The summed E-state index contributed by atoms with van der Waals surface area (Å²) >= 11 is 0. The van der Waals surface area contributed by atoms with Crippen LogP contribution in [0.15, 0.2) is 48.7 Å². The van der Waals surface area contributed by atoms with Crippen molar-refractivity contribution in [1.29, 1.82) is 0 Å². The van der Waals surface area contributed by atoms with Gasteiger partial charge in [0.15, 0.2) is 0 Å². The van der Waals surface area contributed by atoms with Crippen molar-refractivity contribution < 1.29 is 18.4 Å². The summed E-state index contributed by atoms with van der Waals surface area (Å²) in [6.45, 7) is 0. The molecular weight excluding hydrogens is 342 g/mol. The normalized spacial score (nSPS) is 10.6. The number of benzene rings is 2. The highest BCUT2D eigenvalue weighted by Gasteiger charge is 2.18. The summed E-state index contributed by atoms with van der Waals surface area (Å²) in [5.74, 6) is -2.72. The Labute approximate surface area is 147 Å². The molecule has 3 aromatic rings. The van der Waals surface area contributed by atoms with Crippen molar-refractivity contribution in [2.24, 2.45) is 12.8 Å². The third-order valence-electron chi connectivity index (χ3n) is 3.66. The van der Waals surface area contributed by atoms with Crippen LogP contribution in [0.1, 0.15) is 20.7 Å². The van der Waals surface area contributed by atoms with Crippen LogP contribution in [0.25, 0.3) is 11.3 Å². The van der Waals surface area contributed by atoms with Gasteiger partial charge in [0.05, 0.1) is 11.1 Å². The Bertz CT molecular complexity index is 1010. The summed E-state index contributed by atoms with van der Waals surface area (Å²) in [7, 11) is 1.63. The molecule has 132 valence electrons. The minimum atomic E-state index is -0.944. The van der Waals surface area contributed by atoms with Crippen LogP contribution < -0.4 is 11.1 Å². The van der Waals surface area contributed by atoms with E-state index in [1.165, 1.54) is 35.1 Å². The van der Waals surface area contributed by atoms with E-state index in [9.17, 15) is 18.4 Å². The second-order valence-corrected chi connectivity index (χ2v) is 5.59. The molecule has 6 nitrogen and oxygen atoms in total. The van der Waals surface area contributed by atoms with Gasteiger partial charge in [-0.15, -0.1) is 0 Å². The van der Waals surface area contributed by atoms with Gasteiger partial charge in [-0.05, 0) is 30.3 Å². The molecule has 1 aromatic heterocycles. The Hall–Kier alpha value is -3.55. The van der Waals surface area contributed by atoms with Gasteiger partial charge in [0.1, 0.15) is 17.3 Å². The molecule has 0 aliphatic rings. The fraction of sp³-hybridized carbons (Fsp3) is 0.0556. The number of aromatic nitrogens is 2. The molecule has 1 heterocycles. The fourth-order valence-electron chi connectivity index (χ4n) is 2.49. The molecule has 0 saturated carbocycles. The lowest BCUT2D eigenvalue weighted by atomic mass is 10.1. The summed E-state index contributed by atoms with van der Waals surface area (Å²) < 4.78 is 28.5. The van der Waals surface area contributed by atoms with Crippen LogP contribution in [0.5, 0.6) is 0 Å². The Kier molecular flexibility index (Phi) is 4.49. The lowest BCUT2D eigenvalue weighted by molar-refractivity contribution is 0.0992. The molecule has 2 aromatic carbocycles. The van der Waals surface area contributed by atoms with Crippen molar-refractivity contribution in [2.75, 3.05) is 5.32 Å². The molecule has 8 heteroatoms. The van der Waals surface area contributed by atoms with Crippen LogP contribution in [-0.4, -0.2) is 21.6 Å². The van der Waals surface area contributed by atoms with Gasteiger partial charge in [-0.25, -0.2) is 8.78 Å². The van der Waals surface area contributed by atoms with Gasteiger partial charge < -0.3 is 11.1 Å². The molecule has 0 fully saturated rings. The topological polar surface area (TPSA) is 90.0 Å². The Morgan fingerprint density at radius 1 is 1.12 bits per heavy atom. The van der Waals surface area contributed by atoms with E-state index in [1.54, 1.807) is 13.1 Å². The van der Waals surface area contributed by atoms with Crippen LogP contribution in [0, 0.1) is 11.6 Å². The number of carbonyl (C=O) groups excluding carboxylic acids is 2. The van der Waals surface area contributed by atoms with E-state index in [-0.39, 0.29) is 16.8 Å². The molecular formula is C18H14F2N4O2. The predicted octanol–water partition coefficient (Wildman–Crippen LogP) is 2.72. The molecule has 0 aliphatic carbocycles. The molecule has 0 unspecified atom stereocenters. The highest BCUT2D eigenvalue weighted by Crippen LogP contribution is 2.24. The quantitative estimate of drug-likeness (QED) is 0.753. The Balaban J connectivity index is 1.94. The molecule has 0 radical (unpaired) electrons. The molecule has 0 aliphatic heterocycles. The zero-order valence-corrected chi connectivity index (χ0v) is 13.7. The number of hydrogen-bond donors (Lipinski definition) is 2. The molecule has 2 amide bonds. The third-order valence-corrected chi connectivity index (χ3v) is 3.66. The number of amides is 2. The van der Waals surface area contributed by atoms with Crippen molar-refractivity contribution in [2.45, 2.75) is 0 Å². The van der Waals surface area contributed by atoms with Crippen molar-refractivity contribution in [1.82, 2.24) is 9.78 Å². The number of hydrogen-bond acceptors (Lipinski definition) is 3. The Morgan fingerprint density at radius 3 is 2.58 bits per heavy atom. The first-order valence-electron chi connectivity index (χ1n) is 7.55. The monoisotopic (exact) mass is 356 g/mol. The maximum atomic E-state index is 13.5. The van der Waals surface area contributed by atoms with Gasteiger partial charge in [0.2, 0.25) is 0 Å². The molecule has 0 atom stereocenters. The van der Waals surface area contributed by atoms with Crippen molar-refractivity contribution in [3.05, 3.63) is 71.4 Å². The summed E-state index contributed by atoms with van der Waals surface area (Å²) in [6, 6.07) is 9.18. The number of primary amides is 1. The highest BCUT2D eigenvalue weighted by molar-refractivity contribution is 6.08. The number of nitrogens with zero attached hydrogens (tertiary/aromatic N) is 2. The predicted molar refractivity (Wildman–Crippen MR) is 91.5 cm³/mol. The molecule has 26 heavy (non-hydrogen) atoms. The second kappa shape index (κ2) is 6.75. The number of nitrogens with two attached hydrogens (primary N) is 1. The van der Waals surface area contributed by atoms with E-state index in [0.717, 1.165) is 12.1 Å². The standard InChI is InChI=1S/C18H14F2N4O2/c1-24-9-14(16(23-24)10-3-2-4-11(19)7-10)18(26)22-12-5-6-15(20)13(8-12)17(21)25/h2-9H,1H3,(H2,21,25)(H,22,26). The fourth-order valence-corrected chi connectivity index (χ4v) is 2.49. The zero-order chi connectivity index (χ0) is 18.8. The number of nitrogens with one attached hydrogen (secondary N) is 1. The average Bonchev–Trinajstić information content (AvgIpc) is 2.98. The number of anilines is 1. The summed E-state index contributed by atoms with van der Waals surface area (Å²) in [6.07, 6.45) is 1.48. The van der Waals surface area contributed by atoms with Crippen LogP contribution in [0.4, 0.5) is 14.5 Å².